The van der Waals surface area contributed by atoms with Crippen LogP contribution in [0.1, 0.15) is 12.7 Å². The molecule has 0 aliphatic carbocycles. The van der Waals surface area contributed by atoms with E-state index in [0.717, 1.165) is 17.0 Å². The minimum Gasteiger partial charge on any atom is -0.333 e. The third-order valence-electron chi connectivity index (χ3n) is 1.35. The SMILES string of the molecule is CCn1cc(Br)nc1CN. The van der Waals surface area contributed by atoms with Crippen LogP contribution in [0, 0.1) is 0 Å². The number of hydrogen-bond donors (Lipinski definition) is 1. The van der Waals surface area contributed by atoms with Gasteiger partial charge in [0.05, 0.1) is 6.54 Å². The Labute approximate surface area is 68.4 Å². The predicted molar refractivity (Wildman–Crippen MR) is 43.5 cm³/mol. The zero-order valence-corrected chi connectivity index (χ0v) is 7.43. The van der Waals surface area contributed by atoms with E-state index in [9.17, 15) is 0 Å². The van der Waals surface area contributed by atoms with Gasteiger partial charge in [0.25, 0.3) is 0 Å². The summed E-state index contributed by atoms with van der Waals surface area (Å²) in [5.41, 5.74) is 5.44. The lowest BCUT2D eigenvalue weighted by Crippen LogP contribution is -2.06. The van der Waals surface area contributed by atoms with Gasteiger partial charge in [0.15, 0.2) is 0 Å². The zero-order chi connectivity index (χ0) is 7.56. The van der Waals surface area contributed by atoms with Crippen LogP contribution in [0.5, 0.6) is 0 Å². The van der Waals surface area contributed by atoms with Crippen LogP contribution in [0.3, 0.4) is 0 Å². The minimum atomic E-state index is 0.499. The molecule has 2 N–H and O–H groups in total. The van der Waals surface area contributed by atoms with Gasteiger partial charge in [0.1, 0.15) is 10.4 Å². The van der Waals surface area contributed by atoms with Crippen molar-refractivity contribution >= 4 is 15.9 Å². The van der Waals surface area contributed by atoms with E-state index < -0.39 is 0 Å². The second kappa shape index (κ2) is 3.16. The highest BCUT2D eigenvalue weighted by atomic mass is 79.9. The van der Waals surface area contributed by atoms with Crippen LogP contribution in [0.2, 0.25) is 0 Å². The summed E-state index contributed by atoms with van der Waals surface area (Å²) in [5, 5.41) is 0. The van der Waals surface area contributed by atoms with Crippen LogP contribution >= 0.6 is 15.9 Å². The average molecular weight is 204 g/mol. The molecule has 1 heterocycles. The Morgan fingerprint density at radius 3 is 2.90 bits per heavy atom. The van der Waals surface area contributed by atoms with E-state index in [1.165, 1.54) is 0 Å². The molecule has 0 aromatic carbocycles. The fourth-order valence-corrected chi connectivity index (χ4v) is 1.31. The molecule has 1 aromatic heterocycles. The van der Waals surface area contributed by atoms with E-state index in [4.69, 9.17) is 5.73 Å². The van der Waals surface area contributed by atoms with E-state index >= 15 is 0 Å². The number of aromatic nitrogens is 2. The molecule has 0 bridgehead atoms. The topological polar surface area (TPSA) is 43.8 Å². The van der Waals surface area contributed by atoms with Crippen LogP contribution in [-0.2, 0) is 13.1 Å². The summed E-state index contributed by atoms with van der Waals surface area (Å²) >= 11 is 3.28. The third kappa shape index (κ3) is 1.38. The van der Waals surface area contributed by atoms with Crippen molar-refractivity contribution in [1.82, 2.24) is 9.55 Å². The molecule has 4 heteroatoms. The molecular formula is C6H10BrN3. The van der Waals surface area contributed by atoms with Crippen molar-refractivity contribution < 1.29 is 0 Å². The summed E-state index contributed by atoms with van der Waals surface area (Å²) in [6.45, 7) is 3.48. The standard InChI is InChI=1S/C6H10BrN3/c1-2-10-4-5(7)9-6(10)3-8/h4H,2-3,8H2,1H3. The number of hydrogen-bond acceptors (Lipinski definition) is 2. The number of nitrogens with zero attached hydrogens (tertiary/aromatic N) is 2. The Kier molecular flexibility index (Phi) is 2.45. The summed E-state index contributed by atoms with van der Waals surface area (Å²) in [6, 6.07) is 0. The molecule has 0 spiro atoms. The Balaban J connectivity index is 2.96. The quantitative estimate of drug-likeness (QED) is 0.784. The largest absolute Gasteiger partial charge is 0.333 e. The molecule has 0 amide bonds. The number of halogens is 1. The first-order valence-electron chi connectivity index (χ1n) is 3.19. The molecular weight excluding hydrogens is 194 g/mol. The Bertz CT molecular complexity index is 197. The average Bonchev–Trinajstić information content (AvgIpc) is 2.30. The first-order chi connectivity index (χ1) is 4.77. The molecule has 0 radical (unpaired) electrons. The van der Waals surface area contributed by atoms with Crippen LogP contribution in [0.4, 0.5) is 0 Å². The summed E-state index contributed by atoms with van der Waals surface area (Å²) in [5.74, 6) is 0.925. The molecule has 1 aromatic rings. The van der Waals surface area contributed by atoms with E-state index in [-0.39, 0.29) is 0 Å². The maximum Gasteiger partial charge on any atom is 0.124 e. The second-order valence-electron chi connectivity index (χ2n) is 1.97. The molecule has 3 nitrogen and oxygen atoms in total. The lowest BCUT2D eigenvalue weighted by molar-refractivity contribution is 0.698. The Morgan fingerprint density at radius 2 is 2.50 bits per heavy atom. The van der Waals surface area contributed by atoms with Crippen molar-refractivity contribution in [1.29, 1.82) is 0 Å². The van der Waals surface area contributed by atoms with Crippen LogP contribution in [-0.4, -0.2) is 9.55 Å². The van der Waals surface area contributed by atoms with E-state index in [1.807, 2.05) is 10.8 Å². The fraction of sp³-hybridized carbons (Fsp3) is 0.500. The van der Waals surface area contributed by atoms with E-state index in [0.29, 0.717) is 6.54 Å². The van der Waals surface area contributed by atoms with Crippen molar-refractivity contribution in [2.45, 2.75) is 20.0 Å². The van der Waals surface area contributed by atoms with Gasteiger partial charge in [0, 0.05) is 12.7 Å². The van der Waals surface area contributed by atoms with E-state index in [2.05, 4.69) is 27.8 Å². The highest BCUT2D eigenvalue weighted by Crippen LogP contribution is 2.08. The molecule has 0 fully saturated rings. The van der Waals surface area contributed by atoms with Gasteiger partial charge >= 0.3 is 0 Å². The van der Waals surface area contributed by atoms with Crippen molar-refractivity contribution in [2.24, 2.45) is 5.73 Å². The molecule has 0 aliphatic heterocycles. The monoisotopic (exact) mass is 203 g/mol. The van der Waals surface area contributed by atoms with Gasteiger partial charge in [-0.15, -0.1) is 0 Å². The van der Waals surface area contributed by atoms with Gasteiger partial charge in [0.2, 0.25) is 0 Å². The lowest BCUT2D eigenvalue weighted by Gasteiger charge is -1.98. The zero-order valence-electron chi connectivity index (χ0n) is 5.84. The molecule has 0 unspecified atom stereocenters. The predicted octanol–water partition coefficient (Wildman–Crippen LogP) is 1.12. The molecule has 0 saturated carbocycles. The Hall–Kier alpha value is -0.350. The second-order valence-corrected chi connectivity index (χ2v) is 2.78. The summed E-state index contributed by atoms with van der Waals surface area (Å²) in [7, 11) is 0. The number of rotatable bonds is 2. The summed E-state index contributed by atoms with van der Waals surface area (Å²) in [6.07, 6.45) is 1.93. The van der Waals surface area contributed by atoms with Crippen molar-refractivity contribution in [3.8, 4) is 0 Å². The molecule has 1 rings (SSSR count). The summed E-state index contributed by atoms with van der Waals surface area (Å²) < 4.78 is 2.87. The maximum atomic E-state index is 5.44. The third-order valence-corrected chi connectivity index (χ3v) is 1.74. The van der Waals surface area contributed by atoms with Gasteiger partial charge in [-0.1, -0.05) is 0 Å². The maximum absolute atomic E-state index is 5.44. The van der Waals surface area contributed by atoms with E-state index in [1.54, 1.807) is 0 Å². The Morgan fingerprint density at radius 1 is 1.80 bits per heavy atom. The van der Waals surface area contributed by atoms with Gasteiger partial charge in [-0.3, -0.25) is 0 Å². The normalized spacial score (nSPS) is 10.3. The van der Waals surface area contributed by atoms with Crippen LogP contribution in [0.25, 0.3) is 0 Å². The fourth-order valence-electron chi connectivity index (χ4n) is 0.856. The van der Waals surface area contributed by atoms with Gasteiger partial charge in [-0.25, -0.2) is 4.98 Å². The van der Waals surface area contributed by atoms with Gasteiger partial charge < -0.3 is 10.3 Å². The first kappa shape index (κ1) is 7.75. The van der Waals surface area contributed by atoms with Crippen molar-refractivity contribution in [3.63, 3.8) is 0 Å². The lowest BCUT2D eigenvalue weighted by atomic mass is 10.6. The molecule has 56 valence electrons. The molecule has 0 aliphatic rings. The molecule has 10 heavy (non-hydrogen) atoms. The first-order valence-corrected chi connectivity index (χ1v) is 3.98. The van der Waals surface area contributed by atoms with Crippen LogP contribution < -0.4 is 5.73 Å². The van der Waals surface area contributed by atoms with Crippen molar-refractivity contribution in [3.05, 3.63) is 16.6 Å². The highest BCUT2D eigenvalue weighted by molar-refractivity contribution is 9.10. The molecule has 0 atom stereocenters. The van der Waals surface area contributed by atoms with Gasteiger partial charge in [-0.2, -0.15) is 0 Å². The number of nitrogens with two attached hydrogens (primary N) is 1. The minimum absolute atomic E-state index is 0.499. The van der Waals surface area contributed by atoms with Crippen LogP contribution in [0.15, 0.2) is 10.8 Å². The highest BCUT2D eigenvalue weighted by Gasteiger charge is 2.00. The van der Waals surface area contributed by atoms with Crippen molar-refractivity contribution in [2.75, 3.05) is 0 Å². The smallest absolute Gasteiger partial charge is 0.124 e. The number of aryl methyl sites for hydroxylation is 1. The van der Waals surface area contributed by atoms with Gasteiger partial charge in [-0.05, 0) is 22.9 Å². The number of imidazole rings is 1. The summed E-state index contributed by atoms with van der Waals surface area (Å²) in [4.78, 5) is 4.15. The molecule has 0 saturated heterocycles.